The second-order valence-electron chi connectivity index (χ2n) is 5.52. The second kappa shape index (κ2) is 5.73. The van der Waals surface area contributed by atoms with Crippen molar-refractivity contribution in [2.45, 2.75) is 39.0 Å². The van der Waals surface area contributed by atoms with E-state index in [1.165, 1.54) is 0 Å². The molecule has 2 rings (SSSR count). The Kier molecular flexibility index (Phi) is 4.21. The fourth-order valence-corrected chi connectivity index (χ4v) is 2.99. The van der Waals surface area contributed by atoms with E-state index in [9.17, 15) is 4.79 Å². The van der Waals surface area contributed by atoms with E-state index in [0.29, 0.717) is 5.92 Å². The van der Waals surface area contributed by atoms with Gasteiger partial charge in [0.25, 0.3) is 0 Å². The summed E-state index contributed by atoms with van der Waals surface area (Å²) < 4.78 is 10.9. The second-order valence-corrected chi connectivity index (χ2v) is 5.52. The Morgan fingerprint density at radius 2 is 1.90 bits per heavy atom. The molecule has 0 saturated heterocycles. The highest BCUT2D eigenvalue weighted by Gasteiger charge is 2.35. The SMILES string of the molecule is COc1c(C)cc(C(CC(=O)O)C2CC2)c(C)c1OC. The van der Waals surface area contributed by atoms with Crippen molar-refractivity contribution in [3.05, 3.63) is 22.8 Å². The highest BCUT2D eigenvalue weighted by atomic mass is 16.5. The minimum absolute atomic E-state index is 0.0750. The molecule has 1 aliphatic rings. The molecule has 0 aliphatic heterocycles. The average Bonchev–Trinajstić information content (AvgIpc) is 3.22. The molecule has 1 aliphatic carbocycles. The smallest absolute Gasteiger partial charge is 0.303 e. The van der Waals surface area contributed by atoms with Crippen molar-refractivity contribution in [2.24, 2.45) is 5.92 Å². The van der Waals surface area contributed by atoms with Gasteiger partial charge in [-0.15, -0.1) is 0 Å². The Labute approximate surface area is 119 Å². The van der Waals surface area contributed by atoms with Crippen LogP contribution in [-0.2, 0) is 4.79 Å². The van der Waals surface area contributed by atoms with Gasteiger partial charge < -0.3 is 14.6 Å². The van der Waals surface area contributed by atoms with Crippen LogP contribution in [0.2, 0.25) is 0 Å². The van der Waals surface area contributed by atoms with Gasteiger partial charge >= 0.3 is 5.97 Å². The molecular formula is C16H22O4. The van der Waals surface area contributed by atoms with Crippen molar-refractivity contribution in [1.82, 2.24) is 0 Å². The lowest BCUT2D eigenvalue weighted by atomic mass is 9.86. The van der Waals surface area contributed by atoms with Crippen LogP contribution in [0, 0.1) is 19.8 Å². The molecule has 0 spiro atoms. The van der Waals surface area contributed by atoms with E-state index in [4.69, 9.17) is 14.6 Å². The number of carboxylic acid groups (broad SMARTS) is 1. The number of ether oxygens (including phenoxy) is 2. The van der Waals surface area contributed by atoms with Crippen LogP contribution in [-0.4, -0.2) is 25.3 Å². The number of rotatable bonds is 6. The molecule has 4 heteroatoms. The van der Waals surface area contributed by atoms with Gasteiger partial charge in [0.2, 0.25) is 0 Å². The zero-order chi connectivity index (χ0) is 14.9. The average molecular weight is 278 g/mol. The molecule has 110 valence electrons. The van der Waals surface area contributed by atoms with E-state index < -0.39 is 5.97 Å². The molecule has 0 radical (unpaired) electrons. The summed E-state index contributed by atoms with van der Waals surface area (Å²) in [6.07, 6.45) is 2.41. The van der Waals surface area contributed by atoms with Crippen molar-refractivity contribution in [2.75, 3.05) is 14.2 Å². The van der Waals surface area contributed by atoms with Crippen molar-refractivity contribution in [1.29, 1.82) is 0 Å². The number of hydrogen-bond donors (Lipinski definition) is 1. The van der Waals surface area contributed by atoms with Crippen LogP contribution in [0.25, 0.3) is 0 Å². The predicted molar refractivity (Wildman–Crippen MR) is 76.7 cm³/mol. The van der Waals surface area contributed by atoms with Gasteiger partial charge in [0.15, 0.2) is 11.5 Å². The van der Waals surface area contributed by atoms with E-state index >= 15 is 0 Å². The Hall–Kier alpha value is -1.71. The number of benzene rings is 1. The quantitative estimate of drug-likeness (QED) is 0.867. The number of methoxy groups -OCH3 is 2. The van der Waals surface area contributed by atoms with Crippen LogP contribution >= 0.6 is 0 Å². The zero-order valence-corrected chi connectivity index (χ0v) is 12.5. The molecule has 1 aromatic rings. The number of hydrogen-bond acceptors (Lipinski definition) is 3. The predicted octanol–water partition coefficient (Wildman–Crippen LogP) is 3.29. The third-order valence-electron chi connectivity index (χ3n) is 4.10. The fourth-order valence-electron chi connectivity index (χ4n) is 2.99. The number of aryl methyl sites for hydroxylation is 1. The van der Waals surface area contributed by atoms with Gasteiger partial charge in [-0.05, 0) is 55.2 Å². The molecule has 1 aromatic carbocycles. The van der Waals surface area contributed by atoms with Crippen LogP contribution in [0.5, 0.6) is 11.5 Å². The van der Waals surface area contributed by atoms with E-state index in [0.717, 1.165) is 41.0 Å². The maximum Gasteiger partial charge on any atom is 0.303 e. The maximum atomic E-state index is 11.1. The summed E-state index contributed by atoms with van der Waals surface area (Å²) in [5.74, 6) is 1.28. The van der Waals surface area contributed by atoms with Crippen molar-refractivity contribution in [3.63, 3.8) is 0 Å². The first kappa shape index (κ1) is 14.7. The van der Waals surface area contributed by atoms with Gasteiger partial charge in [-0.25, -0.2) is 0 Å². The Morgan fingerprint density at radius 3 is 2.35 bits per heavy atom. The summed E-state index contributed by atoms with van der Waals surface area (Å²) in [6, 6.07) is 2.06. The van der Waals surface area contributed by atoms with Gasteiger partial charge in [-0.3, -0.25) is 4.79 Å². The van der Waals surface area contributed by atoms with Crippen LogP contribution in [0.4, 0.5) is 0 Å². The Morgan fingerprint density at radius 1 is 1.30 bits per heavy atom. The molecule has 1 unspecified atom stereocenters. The number of carbonyl (C=O) groups is 1. The first-order valence-electron chi connectivity index (χ1n) is 6.93. The molecule has 1 saturated carbocycles. The first-order valence-corrected chi connectivity index (χ1v) is 6.93. The molecule has 20 heavy (non-hydrogen) atoms. The lowest BCUT2D eigenvalue weighted by Gasteiger charge is -2.22. The summed E-state index contributed by atoms with van der Waals surface area (Å²) >= 11 is 0. The largest absolute Gasteiger partial charge is 0.493 e. The minimum Gasteiger partial charge on any atom is -0.493 e. The van der Waals surface area contributed by atoms with E-state index in [1.807, 2.05) is 13.8 Å². The molecule has 1 atom stereocenters. The van der Waals surface area contributed by atoms with Gasteiger partial charge in [-0.2, -0.15) is 0 Å². The van der Waals surface area contributed by atoms with Gasteiger partial charge in [0, 0.05) is 0 Å². The van der Waals surface area contributed by atoms with Crippen molar-refractivity contribution < 1.29 is 19.4 Å². The van der Waals surface area contributed by atoms with Gasteiger partial charge in [-0.1, -0.05) is 6.07 Å². The third kappa shape index (κ3) is 2.74. The molecule has 0 aromatic heterocycles. The fraction of sp³-hybridized carbons (Fsp3) is 0.562. The van der Waals surface area contributed by atoms with Crippen LogP contribution in [0.15, 0.2) is 6.07 Å². The normalized spacial score (nSPS) is 15.8. The molecule has 1 N–H and O–H groups in total. The molecule has 4 nitrogen and oxygen atoms in total. The number of carboxylic acids is 1. The van der Waals surface area contributed by atoms with Crippen LogP contribution in [0.1, 0.15) is 41.9 Å². The van der Waals surface area contributed by atoms with Gasteiger partial charge in [0.05, 0.1) is 20.6 Å². The summed E-state index contributed by atoms with van der Waals surface area (Å²) in [7, 11) is 3.25. The zero-order valence-electron chi connectivity index (χ0n) is 12.5. The van der Waals surface area contributed by atoms with Crippen molar-refractivity contribution >= 4 is 5.97 Å². The summed E-state index contributed by atoms with van der Waals surface area (Å²) in [6.45, 7) is 3.95. The summed E-state index contributed by atoms with van der Waals surface area (Å²) in [5.41, 5.74) is 3.07. The van der Waals surface area contributed by atoms with Crippen LogP contribution in [0.3, 0.4) is 0 Å². The highest BCUT2D eigenvalue weighted by Crippen LogP contribution is 2.48. The minimum atomic E-state index is -0.742. The summed E-state index contributed by atoms with van der Waals surface area (Å²) in [4.78, 5) is 11.1. The maximum absolute atomic E-state index is 11.1. The molecule has 0 amide bonds. The Bertz CT molecular complexity index is 518. The first-order chi connectivity index (χ1) is 9.49. The monoisotopic (exact) mass is 278 g/mol. The highest BCUT2D eigenvalue weighted by molar-refractivity contribution is 5.69. The van der Waals surface area contributed by atoms with Crippen molar-refractivity contribution in [3.8, 4) is 11.5 Å². The molecule has 0 bridgehead atoms. The van der Waals surface area contributed by atoms with E-state index in [1.54, 1.807) is 14.2 Å². The third-order valence-corrected chi connectivity index (χ3v) is 4.10. The van der Waals surface area contributed by atoms with Gasteiger partial charge in [0.1, 0.15) is 0 Å². The van der Waals surface area contributed by atoms with E-state index in [-0.39, 0.29) is 12.3 Å². The molecule has 0 heterocycles. The lowest BCUT2D eigenvalue weighted by molar-refractivity contribution is -0.137. The Balaban J connectivity index is 2.49. The topological polar surface area (TPSA) is 55.8 Å². The van der Waals surface area contributed by atoms with Crippen LogP contribution < -0.4 is 9.47 Å². The standard InChI is InChI=1S/C16H22O4/c1-9-7-12(10(2)16(20-4)15(9)19-3)13(8-14(17)18)11-5-6-11/h7,11,13H,5-6,8H2,1-4H3,(H,17,18). The molecule has 1 fully saturated rings. The number of aliphatic carboxylic acids is 1. The summed E-state index contributed by atoms with van der Waals surface area (Å²) in [5, 5.41) is 9.15. The van der Waals surface area contributed by atoms with E-state index in [2.05, 4.69) is 6.07 Å². The molecular weight excluding hydrogens is 256 g/mol. The lowest BCUT2D eigenvalue weighted by Crippen LogP contribution is -2.11.